The fraction of sp³-hybridized carbons (Fsp3) is 0.750. The molecular formula is C16H26N4. The summed E-state index contributed by atoms with van der Waals surface area (Å²) in [4.78, 5) is 12.2. The van der Waals surface area contributed by atoms with Crippen molar-refractivity contribution in [3.8, 4) is 0 Å². The quantitative estimate of drug-likeness (QED) is 0.916. The summed E-state index contributed by atoms with van der Waals surface area (Å²) in [6.45, 7) is 2.20. The van der Waals surface area contributed by atoms with E-state index in [0.29, 0.717) is 5.92 Å². The molecule has 2 bridgehead atoms. The van der Waals surface area contributed by atoms with E-state index in [9.17, 15) is 0 Å². The van der Waals surface area contributed by atoms with Crippen LogP contribution in [-0.4, -0.2) is 41.0 Å². The Bertz CT molecular complexity index is 460. The van der Waals surface area contributed by atoms with Gasteiger partial charge in [-0.15, -0.1) is 0 Å². The first-order valence-corrected chi connectivity index (χ1v) is 7.98. The Morgan fingerprint density at radius 1 is 1.25 bits per heavy atom. The lowest BCUT2D eigenvalue weighted by Crippen LogP contribution is -2.39. The van der Waals surface area contributed by atoms with Gasteiger partial charge in [0.05, 0.1) is 0 Å². The van der Waals surface area contributed by atoms with Crippen LogP contribution in [0.3, 0.4) is 0 Å². The predicted octanol–water partition coefficient (Wildman–Crippen LogP) is 2.81. The van der Waals surface area contributed by atoms with E-state index in [2.05, 4.69) is 30.3 Å². The highest BCUT2D eigenvalue weighted by Crippen LogP contribution is 2.41. The molecule has 1 N–H and O–H groups in total. The van der Waals surface area contributed by atoms with Gasteiger partial charge in [0.15, 0.2) is 0 Å². The first-order chi connectivity index (χ1) is 9.71. The molecule has 2 saturated heterocycles. The minimum Gasteiger partial charge on any atom is -0.373 e. The normalized spacial score (nSPS) is 29.6. The number of hydrogen-bond donors (Lipinski definition) is 1. The third-order valence-corrected chi connectivity index (χ3v) is 5.02. The highest BCUT2D eigenvalue weighted by Gasteiger charge is 2.39. The molecule has 2 unspecified atom stereocenters. The van der Waals surface area contributed by atoms with Crippen LogP contribution in [0, 0.1) is 0 Å². The standard InChI is InChI=1S/C16H26N4/c1-4-5-12-10-15(17-2)19-16(18-12)11-8-13-6-7-14(9-11)20(13)3/h10-11,13-14H,4-9H2,1-3H3,(H,17,18,19). The largest absolute Gasteiger partial charge is 0.373 e. The molecule has 0 amide bonds. The van der Waals surface area contributed by atoms with Crippen molar-refractivity contribution in [1.29, 1.82) is 0 Å². The van der Waals surface area contributed by atoms with Crippen molar-refractivity contribution < 1.29 is 0 Å². The second kappa shape index (κ2) is 5.68. The summed E-state index contributed by atoms with van der Waals surface area (Å²) in [6, 6.07) is 3.58. The summed E-state index contributed by atoms with van der Waals surface area (Å²) < 4.78 is 0. The summed E-state index contributed by atoms with van der Waals surface area (Å²) in [5.41, 5.74) is 1.19. The Morgan fingerprint density at radius 3 is 2.55 bits per heavy atom. The van der Waals surface area contributed by atoms with E-state index in [1.165, 1.54) is 31.4 Å². The van der Waals surface area contributed by atoms with Crippen molar-refractivity contribution >= 4 is 5.82 Å². The van der Waals surface area contributed by atoms with E-state index >= 15 is 0 Å². The Labute approximate surface area is 122 Å². The fourth-order valence-electron chi connectivity index (χ4n) is 3.84. The molecule has 1 aromatic rings. The smallest absolute Gasteiger partial charge is 0.134 e. The number of nitrogens with one attached hydrogen (secondary N) is 1. The van der Waals surface area contributed by atoms with Crippen LogP contribution in [0.2, 0.25) is 0 Å². The SMILES string of the molecule is CCCc1cc(NC)nc(C2CC3CCC(C2)N3C)n1. The van der Waals surface area contributed by atoms with Crippen LogP contribution in [0.1, 0.15) is 56.5 Å². The van der Waals surface area contributed by atoms with Gasteiger partial charge in [0.2, 0.25) is 0 Å². The van der Waals surface area contributed by atoms with Gasteiger partial charge in [0.25, 0.3) is 0 Å². The topological polar surface area (TPSA) is 41.1 Å². The summed E-state index contributed by atoms with van der Waals surface area (Å²) in [6.07, 6.45) is 7.34. The lowest BCUT2D eigenvalue weighted by atomic mass is 9.90. The zero-order chi connectivity index (χ0) is 14.1. The maximum absolute atomic E-state index is 4.85. The van der Waals surface area contributed by atoms with E-state index in [4.69, 9.17) is 9.97 Å². The Hall–Kier alpha value is -1.16. The Kier molecular flexibility index (Phi) is 3.92. The predicted molar refractivity (Wildman–Crippen MR) is 82.1 cm³/mol. The van der Waals surface area contributed by atoms with Gasteiger partial charge in [0.1, 0.15) is 11.6 Å². The van der Waals surface area contributed by atoms with Crippen molar-refractivity contribution in [2.45, 2.75) is 63.5 Å². The number of anilines is 1. The molecule has 110 valence electrons. The molecule has 2 aliphatic heterocycles. The molecule has 0 spiro atoms. The van der Waals surface area contributed by atoms with Crippen molar-refractivity contribution in [1.82, 2.24) is 14.9 Å². The highest BCUT2D eigenvalue weighted by atomic mass is 15.2. The summed E-state index contributed by atoms with van der Waals surface area (Å²) in [7, 11) is 4.23. The number of nitrogens with zero attached hydrogens (tertiary/aromatic N) is 3. The number of rotatable bonds is 4. The van der Waals surface area contributed by atoms with E-state index < -0.39 is 0 Å². The van der Waals surface area contributed by atoms with Gasteiger partial charge in [-0.2, -0.15) is 0 Å². The number of fused-ring (bicyclic) bond motifs is 2. The van der Waals surface area contributed by atoms with E-state index in [0.717, 1.165) is 36.6 Å². The van der Waals surface area contributed by atoms with Crippen LogP contribution in [0.25, 0.3) is 0 Å². The minimum absolute atomic E-state index is 0.549. The molecule has 4 nitrogen and oxygen atoms in total. The van der Waals surface area contributed by atoms with Gasteiger partial charge in [-0.05, 0) is 39.2 Å². The molecule has 0 saturated carbocycles. The molecule has 2 fully saturated rings. The molecule has 0 radical (unpaired) electrons. The third kappa shape index (κ3) is 2.53. The van der Waals surface area contributed by atoms with Crippen LogP contribution >= 0.6 is 0 Å². The van der Waals surface area contributed by atoms with Gasteiger partial charge in [0, 0.05) is 36.8 Å². The Balaban J connectivity index is 1.84. The lowest BCUT2D eigenvalue weighted by Gasteiger charge is -2.35. The highest BCUT2D eigenvalue weighted by molar-refractivity contribution is 5.36. The molecule has 3 heterocycles. The summed E-state index contributed by atoms with van der Waals surface area (Å²) in [5.74, 6) is 2.60. The molecule has 2 atom stereocenters. The number of hydrogen-bond acceptors (Lipinski definition) is 4. The monoisotopic (exact) mass is 274 g/mol. The maximum atomic E-state index is 4.85. The zero-order valence-electron chi connectivity index (χ0n) is 12.9. The molecule has 1 aromatic heterocycles. The number of aromatic nitrogens is 2. The zero-order valence-corrected chi connectivity index (χ0v) is 12.9. The van der Waals surface area contributed by atoms with Gasteiger partial charge < -0.3 is 10.2 Å². The number of piperidine rings is 1. The van der Waals surface area contributed by atoms with Crippen LogP contribution in [0.5, 0.6) is 0 Å². The second-order valence-corrected chi connectivity index (χ2v) is 6.32. The van der Waals surface area contributed by atoms with Gasteiger partial charge in [-0.1, -0.05) is 13.3 Å². The average molecular weight is 274 g/mol. The molecule has 4 heteroatoms. The van der Waals surface area contributed by atoms with Gasteiger partial charge >= 0.3 is 0 Å². The van der Waals surface area contributed by atoms with E-state index in [1.54, 1.807) is 0 Å². The van der Waals surface area contributed by atoms with Crippen LogP contribution in [0.4, 0.5) is 5.82 Å². The Morgan fingerprint density at radius 2 is 1.95 bits per heavy atom. The van der Waals surface area contributed by atoms with Crippen LogP contribution in [-0.2, 0) is 6.42 Å². The van der Waals surface area contributed by atoms with Crippen molar-refractivity contribution in [3.63, 3.8) is 0 Å². The van der Waals surface area contributed by atoms with Gasteiger partial charge in [-0.25, -0.2) is 9.97 Å². The molecule has 3 rings (SSSR count). The van der Waals surface area contributed by atoms with Crippen molar-refractivity contribution in [2.24, 2.45) is 0 Å². The number of aryl methyl sites for hydroxylation is 1. The van der Waals surface area contributed by atoms with Crippen LogP contribution in [0.15, 0.2) is 6.07 Å². The van der Waals surface area contributed by atoms with Crippen LogP contribution < -0.4 is 5.32 Å². The second-order valence-electron chi connectivity index (χ2n) is 6.32. The van der Waals surface area contributed by atoms with Crippen molar-refractivity contribution in [3.05, 3.63) is 17.6 Å². The molecule has 20 heavy (non-hydrogen) atoms. The molecule has 0 aromatic carbocycles. The molecule has 0 aliphatic carbocycles. The molecule has 2 aliphatic rings. The first-order valence-electron chi connectivity index (χ1n) is 7.98. The van der Waals surface area contributed by atoms with E-state index in [1.807, 2.05) is 7.05 Å². The average Bonchev–Trinajstić information content (AvgIpc) is 2.68. The fourth-order valence-corrected chi connectivity index (χ4v) is 3.84. The molecular weight excluding hydrogens is 248 g/mol. The summed E-state index contributed by atoms with van der Waals surface area (Å²) in [5, 5.41) is 3.19. The van der Waals surface area contributed by atoms with Crippen molar-refractivity contribution in [2.75, 3.05) is 19.4 Å². The lowest BCUT2D eigenvalue weighted by molar-refractivity contribution is 0.159. The minimum atomic E-state index is 0.549. The maximum Gasteiger partial charge on any atom is 0.134 e. The van der Waals surface area contributed by atoms with Gasteiger partial charge in [-0.3, -0.25) is 0 Å². The first kappa shape index (κ1) is 13.8. The van der Waals surface area contributed by atoms with E-state index in [-0.39, 0.29) is 0 Å². The third-order valence-electron chi connectivity index (χ3n) is 5.02. The summed E-state index contributed by atoms with van der Waals surface area (Å²) >= 11 is 0.